The number of aliphatic carboxylic acids is 1. The SMILES string of the molecule is CCCC[C@@H](C(=O)[O-])[C@@H](C)CC(=O)Nc1ccc(C(=O)[O-])cc1. The van der Waals surface area contributed by atoms with E-state index in [1.54, 1.807) is 6.92 Å². The minimum Gasteiger partial charge on any atom is -0.550 e. The molecule has 1 aromatic rings. The lowest BCUT2D eigenvalue weighted by Gasteiger charge is -2.24. The van der Waals surface area contributed by atoms with Gasteiger partial charge in [0.2, 0.25) is 5.91 Å². The van der Waals surface area contributed by atoms with Gasteiger partial charge in [-0.1, -0.05) is 38.8 Å². The van der Waals surface area contributed by atoms with Gasteiger partial charge in [0.15, 0.2) is 0 Å². The van der Waals surface area contributed by atoms with Crippen LogP contribution in [0.1, 0.15) is 49.9 Å². The molecule has 0 heterocycles. The highest BCUT2D eigenvalue weighted by Crippen LogP contribution is 2.22. The summed E-state index contributed by atoms with van der Waals surface area (Å²) < 4.78 is 0. The molecule has 0 aliphatic rings. The van der Waals surface area contributed by atoms with Gasteiger partial charge in [-0.15, -0.1) is 0 Å². The number of carbonyl (C=O) groups excluding carboxylic acids is 3. The molecule has 1 amide bonds. The molecule has 23 heavy (non-hydrogen) atoms. The Labute approximate surface area is 135 Å². The largest absolute Gasteiger partial charge is 0.550 e. The van der Waals surface area contributed by atoms with Crippen LogP contribution in [0.5, 0.6) is 0 Å². The van der Waals surface area contributed by atoms with Crippen LogP contribution in [-0.2, 0) is 9.59 Å². The number of amides is 1. The summed E-state index contributed by atoms with van der Waals surface area (Å²) >= 11 is 0. The van der Waals surface area contributed by atoms with Gasteiger partial charge in [-0.05, 0) is 30.0 Å². The van der Waals surface area contributed by atoms with Gasteiger partial charge in [0.05, 0.1) is 5.97 Å². The van der Waals surface area contributed by atoms with Crippen molar-refractivity contribution < 1.29 is 24.6 Å². The maximum absolute atomic E-state index is 12.0. The predicted molar refractivity (Wildman–Crippen MR) is 81.2 cm³/mol. The molecule has 0 aliphatic heterocycles. The number of benzene rings is 1. The van der Waals surface area contributed by atoms with Crippen LogP contribution in [0.25, 0.3) is 0 Å². The third kappa shape index (κ3) is 6.10. The Balaban J connectivity index is 2.60. The van der Waals surface area contributed by atoms with E-state index in [1.807, 2.05) is 6.92 Å². The molecule has 6 nitrogen and oxygen atoms in total. The third-order valence-corrected chi connectivity index (χ3v) is 3.77. The molecular formula is C17H21NO5-2. The van der Waals surface area contributed by atoms with Gasteiger partial charge in [0.1, 0.15) is 0 Å². The minimum absolute atomic E-state index is 0.0212. The highest BCUT2D eigenvalue weighted by atomic mass is 16.4. The lowest BCUT2D eigenvalue weighted by molar-refractivity contribution is -0.313. The summed E-state index contributed by atoms with van der Waals surface area (Å²) in [6, 6.07) is 5.58. The Bertz CT molecular complexity index is 553. The molecule has 0 saturated carbocycles. The molecule has 0 bridgehead atoms. The van der Waals surface area contributed by atoms with Crippen molar-refractivity contribution in [1.82, 2.24) is 0 Å². The van der Waals surface area contributed by atoms with Crippen molar-refractivity contribution >= 4 is 23.5 Å². The summed E-state index contributed by atoms with van der Waals surface area (Å²) in [6.07, 6.45) is 2.21. The van der Waals surface area contributed by atoms with E-state index in [4.69, 9.17) is 0 Å². The quantitative estimate of drug-likeness (QED) is 0.715. The second-order valence-corrected chi connectivity index (χ2v) is 5.66. The number of carbonyl (C=O) groups is 3. The number of rotatable bonds is 9. The average molecular weight is 319 g/mol. The summed E-state index contributed by atoms with van der Waals surface area (Å²) in [7, 11) is 0. The summed E-state index contributed by atoms with van der Waals surface area (Å²) in [5, 5.41) is 24.5. The molecule has 0 aromatic heterocycles. The monoisotopic (exact) mass is 319 g/mol. The average Bonchev–Trinajstić information content (AvgIpc) is 2.47. The first-order chi connectivity index (χ1) is 10.8. The molecule has 1 aromatic carbocycles. The second kappa shape index (κ2) is 8.92. The number of nitrogens with one attached hydrogen (secondary N) is 1. The summed E-state index contributed by atoms with van der Waals surface area (Å²) in [4.78, 5) is 33.8. The van der Waals surface area contributed by atoms with Crippen LogP contribution in [0, 0.1) is 11.8 Å². The fourth-order valence-electron chi connectivity index (χ4n) is 2.40. The first-order valence-electron chi connectivity index (χ1n) is 7.67. The van der Waals surface area contributed by atoms with E-state index >= 15 is 0 Å². The molecule has 0 aliphatic carbocycles. The molecule has 2 atom stereocenters. The Morgan fingerprint density at radius 1 is 1.13 bits per heavy atom. The highest BCUT2D eigenvalue weighted by molar-refractivity contribution is 5.92. The standard InChI is InChI=1S/C17H23NO5/c1-3-4-5-14(17(22)23)11(2)10-15(19)18-13-8-6-12(7-9-13)16(20)21/h6-9,11,14H,3-5,10H2,1-2H3,(H,18,19)(H,20,21)(H,22,23)/p-2/t11-,14+/m0/s1. The zero-order valence-corrected chi connectivity index (χ0v) is 13.3. The van der Waals surface area contributed by atoms with Crippen molar-refractivity contribution in [1.29, 1.82) is 0 Å². The summed E-state index contributed by atoms with van der Waals surface area (Å²) in [5.74, 6) is -3.72. The summed E-state index contributed by atoms with van der Waals surface area (Å²) in [6.45, 7) is 3.69. The lowest BCUT2D eigenvalue weighted by Crippen LogP contribution is -2.36. The Kier molecular flexibility index (Phi) is 7.25. The lowest BCUT2D eigenvalue weighted by atomic mass is 9.87. The van der Waals surface area contributed by atoms with Crippen LogP contribution < -0.4 is 15.5 Å². The van der Waals surface area contributed by atoms with Crippen molar-refractivity contribution in [2.75, 3.05) is 5.32 Å². The Hall–Kier alpha value is -2.37. The fraction of sp³-hybridized carbons (Fsp3) is 0.471. The summed E-state index contributed by atoms with van der Waals surface area (Å²) in [5.41, 5.74) is 0.471. The molecular weight excluding hydrogens is 298 g/mol. The normalized spacial score (nSPS) is 13.1. The van der Waals surface area contributed by atoms with Gasteiger partial charge < -0.3 is 25.1 Å². The Morgan fingerprint density at radius 2 is 1.74 bits per heavy atom. The van der Waals surface area contributed by atoms with E-state index in [9.17, 15) is 24.6 Å². The topological polar surface area (TPSA) is 109 Å². The van der Waals surface area contributed by atoms with E-state index in [-0.39, 0.29) is 23.8 Å². The van der Waals surface area contributed by atoms with Crippen molar-refractivity contribution in [2.45, 2.75) is 39.5 Å². The van der Waals surface area contributed by atoms with E-state index in [0.29, 0.717) is 12.1 Å². The van der Waals surface area contributed by atoms with E-state index in [1.165, 1.54) is 24.3 Å². The van der Waals surface area contributed by atoms with Crippen molar-refractivity contribution in [3.63, 3.8) is 0 Å². The number of carboxylic acids is 2. The van der Waals surface area contributed by atoms with Gasteiger partial charge in [0.25, 0.3) is 0 Å². The van der Waals surface area contributed by atoms with Crippen LogP contribution >= 0.6 is 0 Å². The molecule has 0 fully saturated rings. The zero-order valence-electron chi connectivity index (χ0n) is 13.3. The molecule has 6 heteroatoms. The zero-order chi connectivity index (χ0) is 17.4. The van der Waals surface area contributed by atoms with Crippen molar-refractivity contribution in [2.24, 2.45) is 11.8 Å². The number of aromatic carboxylic acids is 1. The van der Waals surface area contributed by atoms with Crippen LogP contribution in [0.3, 0.4) is 0 Å². The van der Waals surface area contributed by atoms with Gasteiger partial charge in [-0.2, -0.15) is 0 Å². The number of hydrogen-bond acceptors (Lipinski definition) is 5. The first kappa shape index (κ1) is 18.7. The molecule has 0 unspecified atom stereocenters. The molecule has 1 N–H and O–H groups in total. The molecule has 0 saturated heterocycles. The van der Waals surface area contributed by atoms with Crippen molar-refractivity contribution in [3.8, 4) is 0 Å². The molecule has 0 spiro atoms. The number of unbranched alkanes of at least 4 members (excludes halogenated alkanes) is 1. The maximum Gasteiger partial charge on any atom is 0.224 e. The van der Waals surface area contributed by atoms with Gasteiger partial charge >= 0.3 is 0 Å². The van der Waals surface area contributed by atoms with Crippen LogP contribution in [0.4, 0.5) is 5.69 Å². The van der Waals surface area contributed by atoms with Crippen LogP contribution in [0.2, 0.25) is 0 Å². The van der Waals surface area contributed by atoms with E-state index in [2.05, 4.69) is 5.32 Å². The second-order valence-electron chi connectivity index (χ2n) is 5.66. The molecule has 1 rings (SSSR count). The number of carboxylic acid groups (broad SMARTS) is 2. The van der Waals surface area contributed by atoms with Crippen LogP contribution in [0.15, 0.2) is 24.3 Å². The smallest absolute Gasteiger partial charge is 0.224 e. The number of anilines is 1. The van der Waals surface area contributed by atoms with Crippen molar-refractivity contribution in [3.05, 3.63) is 29.8 Å². The molecule has 0 radical (unpaired) electrons. The minimum atomic E-state index is -1.29. The van der Waals surface area contributed by atoms with E-state index < -0.39 is 17.9 Å². The fourth-order valence-corrected chi connectivity index (χ4v) is 2.40. The highest BCUT2D eigenvalue weighted by Gasteiger charge is 2.21. The Morgan fingerprint density at radius 3 is 2.22 bits per heavy atom. The molecule has 126 valence electrons. The van der Waals surface area contributed by atoms with E-state index in [0.717, 1.165) is 12.8 Å². The maximum atomic E-state index is 12.0. The first-order valence-corrected chi connectivity index (χ1v) is 7.67. The predicted octanol–water partition coefficient (Wildman–Crippen LogP) is 0.571. The van der Waals surface area contributed by atoms with Gasteiger partial charge in [0, 0.05) is 24.0 Å². The van der Waals surface area contributed by atoms with Crippen LogP contribution in [-0.4, -0.2) is 17.8 Å². The van der Waals surface area contributed by atoms with Gasteiger partial charge in [-0.3, -0.25) is 4.79 Å². The number of hydrogen-bond donors (Lipinski definition) is 1. The van der Waals surface area contributed by atoms with Gasteiger partial charge in [-0.25, -0.2) is 0 Å². The third-order valence-electron chi connectivity index (χ3n) is 3.77.